The van der Waals surface area contributed by atoms with Gasteiger partial charge in [-0.1, -0.05) is 68.0 Å². The highest BCUT2D eigenvalue weighted by Crippen LogP contribution is 2.34. The van der Waals surface area contributed by atoms with Gasteiger partial charge in [-0.05, 0) is 71.2 Å². The van der Waals surface area contributed by atoms with E-state index in [-0.39, 0.29) is 11.6 Å². The minimum Gasteiger partial charge on any atom is -0.207 e. The predicted molar refractivity (Wildman–Crippen MR) is 112 cm³/mol. The molecule has 0 saturated heterocycles. The van der Waals surface area contributed by atoms with Crippen LogP contribution in [0.3, 0.4) is 0 Å². The van der Waals surface area contributed by atoms with Crippen molar-refractivity contribution in [2.75, 3.05) is 0 Å². The Balaban J connectivity index is 1.57. The van der Waals surface area contributed by atoms with Gasteiger partial charge in [0.2, 0.25) is 0 Å². The fourth-order valence-electron chi connectivity index (χ4n) is 3.89. The Morgan fingerprint density at radius 2 is 1.54 bits per heavy atom. The van der Waals surface area contributed by atoms with Crippen molar-refractivity contribution in [2.24, 2.45) is 0 Å². The minimum absolute atomic E-state index is 0.186. The molecule has 0 unspecified atom stereocenters. The van der Waals surface area contributed by atoms with Gasteiger partial charge >= 0.3 is 0 Å². The number of fused-ring (bicyclic) bond motifs is 1. The molecule has 0 amide bonds. The molecule has 4 rings (SSSR count). The number of unbranched alkanes of at least 4 members (excludes halogenated alkanes) is 1. The first-order valence-electron chi connectivity index (χ1n) is 10.00. The molecule has 0 heterocycles. The van der Waals surface area contributed by atoms with Gasteiger partial charge in [-0.2, -0.15) is 0 Å². The summed E-state index contributed by atoms with van der Waals surface area (Å²) in [6.07, 6.45) is 7.00. The summed E-state index contributed by atoms with van der Waals surface area (Å²) in [5, 5.41) is 0. The van der Waals surface area contributed by atoms with Crippen LogP contribution in [0.15, 0.2) is 66.7 Å². The van der Waals surface area contributed by atoms with Crippen LogP contribution < -0.4 is 0 Å². The summed E-state index contributed by atoms with van der Waals surface area (Å²) >= 11 is 0. The molecule has 0 fully saturated rings. The van der Waals surface area contributed by atoms with Gasteiger partial charge in [0, 0.05) is 5.56 Å². The summed E-state index contributed by atoms with van der Waals surface area (Å²) in [4.78, 5) is 0. The average Bonchev–Trinajstić information content (AvgIpc) is 2.73. The van der Waals surface area contributed by atoms with Crippen molar-refractivity contribution in [1.82, 2.24) is 0 Å². The van der Waals surface area contributed by atoms with Gasteiger partial charge in [0.05, 0.1) is 0 Å². The van der Waals surface area contributed by atoms with Crippen LogP contribution in [0.2, 0.25) is 0 Å². The molecule has 0 radical (unpaired) electrons. The molecule has 0 saturated carbocycles. The number of halogens is 2. The first kappa shape index (κ1) is 18.6. The van der Waals surface area contributed by atoms with E-state index in [0.717, 1.165) is 24.0 Å². The van der Waals surface area contributed by atoms with Crippen molar-refractivity contribution in [3.63, 3.8) is 0 Å². The minimum atomic E-state index is -0.310. The van der Waals surface area contributed by atoms with E-state index in [2.05, 4.69) is 37.3 Å². The maximum atomic E-state index is 15.1. The molecule has 1 aliphatic rings. The third kappa shape index (κ3) is 3.77. The lowest BCUT2D eigenvalue weighted by Gasteiger charge is -2.20. The number of allylic oxidation sites excluding steroid dienone is 2. The Kier molecular flexibility index (Phi) is 5.38. The van der Waals surface area contributed by atoms with Crippen molar-refractivity contribution in [3.05, 3.63) is 101 Å². The van der Waals surface area contributed by atoms with Crippen molar-refractivity contribution >= 4 is 5.57 Å². The number of benzene rings is 3. The Labute approximate surface area is 165 Å². The van der Waals surface area contributed by atoms with Gasteiger partial charge in [-0.15, -0.1) is 0 Å². The van der Waals surface area contributed by atoms with Gasteiger partial charge in [-0.25, -0.2) is 8.78 Å². The van der Waals surface area contributed by atoms with Crippen LogP contribution in [-0.4, -0.2) is 0 Å². The molecule has 0 bridgehead atoms. The fourth-order valence-corrected chi connectivity index (χ4v) is 3.89. The molecular weight excluding hydrogens is 350 g/mol. The lowest BCUT2D eigenvalue weighted by Crippen LogP contribution is -2.06. The van der Waals surface area contributed by atoms with Crippen LogP contribution in [0.4, 0.5) is 8.78 Å². The largest absolute Gasteiger partial charge is 0.207 e. The van der Waals surface area contributed by atoms with E-state index >= 15 is 4.39 Å². The summed E-state index contributed by atoms with van der Waals surface area (Å²) in [5.41, 5.74) is 6.88. The zero-order valence-electron chi connectivity index (χ0n) is 16.1. The maximum Gasteiger partial charge on any atom is 0.134 e. The number of aryl methyl sites for hydroxylation is 1. The smallest absolute Gasteiger partial charge is 0.134 e. The van der Waals surface area contributed by atoms with Crippen LogP contribution in [-0.2, 0) is 19.3 Å². The van der Waals surface area contributed by atoms with E-state index in [1.165, 1.54) is 41.7 Å². The fraction of sp³-hybridized carbons (Fsp3) is 0.231. The van der Waals surface area contributed by atoms with Gasteiger partial charge in [0.1, 0.15) is 11.6 Å². The second-order valence-corrected chi connectivity index (χ2v) is 7.48. The summed E-state index contributed by atoms with van der Waals surface area (Å²) in [6.45, 7) is 2.21. The van der Waals surface area contributed by atoms with E-state index in [4.69, 9.17) is 0 Å². The molecule has 0 spiro atoms. The normalized spacial score (nSPS) is 13.2. The third-order valence-corrected chi connectivity index (χ3v) is 5.57. The Bertz CT molecular complexity index is 996. The van der Waals surface area contributed by atoms with E-state index in [1.54, 1.807) is 12.1 Å². The van der Waals surface area contributed by atoms with E-state index in [1.807, 2.05) is 12.1 Å². The lowest BCUT2D eigenvalue weighted by atomic mass is 9.85. The van der Waals surface area contributed by atoms with Crippen molar-refractivity contribution in [2.45, 2.75) is 39.0 Å². The van der Waals surface area contributed by atoms with Gasteiger partial charge < -0.3 is 0 Å². The molecule has 2 heteroatoms. The SMILES string of the molecule is CCCCc1ccc(C2=CCc3c(ccc(-c4ccc(F)cc4)c3F)C2)cc1. The Hall–Kier alpha value is -2.74. The molecular formula is C26H24F2. The molecule has 28 heavy (non-hydrogen) atoms. The molecule has 0 N–H and O–H groups in total. The molecule has 0 aromatic heterocycles. The molecule has 3 aromatic carbocycles. The summed E-state index contributed by atoms with van der Waals surface area (Å²) < 4.78 is 28.3. The van der Waals surface area contributed by atoms with Gasteiger partial charge in [0.15, 0.2) is 0 Å². The van der Waals surface area contributed by atoms with Crippen LogP contribution in [0.1, 0.15) is 42.0 Å². The zero-order valence-corrected chi connectivity index (χ0v) is 16.1. The predicted octanol–water partition coefficient (Wildman–Crippen LogP) is 7.16. The molecule has 1 aliphatic carbocycles. The highest BCUT2D eigenvalue weighted by molar-refractivity contribution is 5.73. The molecule has 0 atom stereocenters. The number of hydrogen-bond donors (Lipinski definition) is 0. The van der Waals surface area contributed by atoms with E-state index in [0.29, 0.717) is 17.5 Å². The molecule has 0 aliphatic heterocycles. The Morgan fingerprint density at radius 3 is 2.25 bits per heavy atom. The van der Waals surface area contributed by atoms with Crippen LogP contribution >= 0.6 is 0 Å². The van der Waals surface area contributed by atoms with Crippen LogP contribution in [0.5, 0.6) is 0 Å². The van der Waals surface area contributed by atoms with Crippen molar-refractivity contribution in [3.8, 4) is 11.1 Å². The standard InChI is InChI=1S/C26H24F2/c1-2-3-4-18-5-7-19(8-6-18)21-11-15-25-22(17-21)12-16-24(26(25)28)20-9-13-23(27)14-10-20/h5-14,16H,2-4,15,17H2,1H3. The first-order chi connectivity index (χ1) is 13.7. The highest BCUT2D eigenvalue weighted by Gasteiger charge is 2.19. The zero-order chi connectivity index (χ0) is 19.5. The molecule has 142 valence electrons. The Morgan fingerprint density at radius 1 is 0.821 bits per heavy atom. The topological polar surface area (TPSA) is 0 Å². The van der Waals surface area contributed by atoms with E-state index in [9.17, 15) is 4.39 Å². The van der Waals surface area contributed by atoms with Crippen molar-refractivity contribution < 1.29 is 8.78 Å². The van der Waals surface area contributed by atoms with E-state index < -0.39 is 0 Å². The lowest BCUT2D eigenvalue weighted by molar-refractivity contribution is 0.614. The van der Waals surface area contributed by atoms with Crippen molar-refractivity contribution in [1.29, 1.82) is 0 Å². The maximum absolute atomic E-state index is 15.1. The van der Waals surface area contributed by atoms with Crippen LogP contribution in [0, 0.1) is 11.6 Å². The first-order valence-corrected chi connectivity index (χ1v) is 10.00. The summed E-state index contributed by atoms with van der Waals surface area (Å²) in [5.74, 6) is -0.496. The average molecular weight is 374 g/mol. The van der Waals surface area contributed by atoms with Gasteiger partial charge in [-0.3, -0.25) is 0 Å². The number of rotatable bonds is 5. The summed E-state index contributed by atoms with van der Waals surface area (Å²) in [7, 11) is 0. The molecule has 3 aromatic rings. The highest BCUT2D eigenvalue weighted by atomic mass is 19.1. The number of hydrogen-bond acceptors (Lipinski definition) is 0. The third-order valence-electron chi connectivity index (χ3n) is 5.57. The second kappa shape index (κ2) is 8.10. The quantitative estimate of drug-likeness (QED) is 0.444. The second-order valence-electron chi connectivity index (χ2n) is 7.48. The van der Waals surface area contributed by atoms with Crippen LogP contribution in [0.25, 0.3) is 16.7 Å². The van der Waals surface area contributed by atoms with Gasteiger partial charge in [0.25, 0.3) is 0 Å². The summed E-state index contributed by atoms with van der Waals surface area (Å²) in [6, 6.07) is 18.6. The monoisotopic (exact) mass is 374 g/mol. The molecule has 0 nitrogen and oxygen atoms in total.